The summed E-state index contributed by atoms with van der Waals surface area (Å²) in [5.74, 6) is 0.663. The third-order valence-electron chi connectivity index (χ3n) is 3.03. The molecule has 0 bridgehead atoms. The normalized spacial score (nSPS) is 11.8. The molecule has 5 nitrogen and oxygen atoms in total. The topological polar surface area (TPSA) is 47.2 Å². The summed E-state index contributed by atoms with van der Waals surface area (Å²) in [6, 6.07) is 0. The second kappa shape index (κ2) is 5.76. The fourth-order valence-corrected chi connectivity index (χ4v) is 2.83. The lowest BCUT2D eigenvalue weighted by Crippen LogP contribution is -2.19. The molecule has 106 valence electrons. The molecule has 0 spiro atoms. The predicted octanol–water partition coefficient (Wildman–Crippen LogP) is 2.39. The van der Waals surface area contributed by atoms with Gasteiger partial charge in [-0.15, -0.1) is 11.3 Å². The summed E-state index contributed by atoms with van der Waals surface area (Å²) in [6.45, 7) is 7.02. The summed E-state index contributed by atoms with van der Waals surface area (Å²) < 4.78 is 4.14. The average molecular weight is 289 g/mol. The van der Waals surface area contributed by atoms with Crippen molar-refractivity contribution in [3.05, 3.63) is 41.7 Å². The smallest absolute Gasteiger partial charge is 0.193 e. The van der Waals surface area contributed by atoms with Crippen LogP contribution in [0.3, 0.4) is 0 Å². The van der Waals surface area contributed by atoms with E-state index >= 15 is 0 Å². The summed E-state index contributed by atoms with van der Waals surface area (Å²) >= 11 is 1.65. The van der Waals surface area contributed by atoms with Crippen molar-refractivity contribution in [2.45, 2.75) is 26.9 Å². The monoisotopic (exact) mass is 289 g/mol. The Hall–Kier alpha value is -1.66. The number of fused-ring (bicyclic) bond motifs is 1. The van der Waals surface area contributed by atoms with E-state index in [2.05, 4.69) is 50.5 Å². The maximum Gasteiger partial charge on any atom is 0.193 e. The molecule has 1 N–H and O–H groups in total. The number of nitrogens with one attached hydrogen (secondary N) is 1. The molecule has 3 aromatic rings. The van der Waals surface area contributed by atoms with Gasteiger partial charge in [0, 0.05) is 30.5 Å². The zero-order chi connectivity index (χ0) is 13.9. The lowest BCUT2D eigenvalue weighted by atomic mass is 10.2. The number of nitrogens with zero attached hydrogens (tertiary/aromatic N) is 4. The fourth-order valence-electron chi connectivity index (χ4n) is 2.11. The Morgan fingerprint density at radius 2 is 2.20 bits per heavy atom. The largest absolute Gasteiger partial charge is 0.331 e. The van der Waals surface area contributed by atoms with Gasteiger partial charge in [-0.25, -0.2) is 9.97 Å². The SMILES string of the molecule is CC(C)CNCc1cn(Cc2cn3ccsc3n2)cn1. The quantitative estimate of drug-likeness (QED) is 0.758. The van der Waals surface area contributed by atoms with Crippen molar-refractivity contribution in [1.29, 1.82) is 0 Å². The van der Waals surface area contributed by atoms with E-state index in [1.54, 1.807) is 11.3 Å². The van der Waals surface area contributed by atoms with Crippen molar-refractivity contribution >= 4 is 16.3 Å². The zero-order valence-electron chi connectivity index (χ0n) is 11.8. The van der Waals surface area contributed by atoms with Gasteiger partial charge in [0.15, 0.2) is 4.96 Å². The van der Waals surface area contributed by atoms with E-state index in [1.807, 2.05) is 17.9 Å². The van der Waals surface area contributed by atoms with E-state index < -0.39 is 0 Å². The third kappa shape index (κ3) is 3.08. The van der Waals surface area contributed by atoms with Gasteiger partial charge in [-0.2, -0.15) is 0 Å². The highest BCUT2D eigenvalue weighted by molar-refractivity contribution is 7.15. The Labute approximate surface area is 122 Å². The fraction of sp³-hybridized carbons (Fsp3) is 0.429. The minimum absolute atomic E-state index is 0.663. The van der Waals surface area contributed by atoms with E-state index in [9.17, 15) is 0 Å². The maximum absolute atomic E-state index is 4.58. The zero-order valence-corrected chi connectivity index (χ0v) is 12.6. The van der Waals surface area contributed by atoms with E-state index in [4.69, 9.17) is 0 Å². The predicted molar refractivity (Wildman–Crippen MR) is 80.9 cm³/mol. The second-order valence-electron chi connectivity index (χ2n) is 5.39. The van der Waals surface area contributed by atoms with Crippen LogP contribution in [-0.4, -0.2) is 25.5 Å². The lowest BCUT2D eigenvalue weighted by Gasteiger charge is -2.04. The lowest BCUT2D eigenvalue weighted by molar-refractivity contribution is 0.548. The van der Waals surface area contributed by atoms with Crippen molar-refractivity contribution in [3.63, 3.8) is 0 Å². The molecule has 0 amide bonds. The van der Waals surface area contributed by atoms with Crippen molar-refractivity contribution in [3.8, 4) is 0 Å². The molecule has 0 aliphatic heterocycles. The van der Waals surface area contributed by atoms with Gasteiger partial charge in [-0.1, -0.05) is 13.8 Å². The van der Waals surface area contributed by atoms with E-state index in [1.165, 1.54) is 0 Å². The minimum Gasteiger partial charge on any atom is -0.331 e. The third-order valence-corrected chi connectivity index (χ3v) is 3.80. The number of hydrogen-bond donors (Lipinski definition) is 1. The highest BCUT2D eigenvalue weighted by Gasteiger charge is 2.05. The molecule has 0 aromatic carbocycles. The Morgan fingerprint density at radius 1 is 1.30 bits per heavy atom. The van der Waals surface area contributed by atoms with Crippen molar-refractivity contribution in [2.24, 2.45) is 5.92 Å². The molecular formula is C14H19N5S. The highest BCUT2D eigenvalue weighted by atomic mass is 32.1. The Morgan fingerprint density at radius 3 is 3.00 bits per heavy atom. The summed E-state index contributed by atoms with van der Waals surface area (Å²) in [5.41, 5.74) is 2.14. The van der Waals surface area contributed by atoms with E-state index in [0.29, 0.717) is 5.92 Å². The molecule has 6 heteroatoms. The molecule has 3 rings (SSSR count). The number of thiazole rings is 1. The van der Waals surface area contributed by atoms with Crippen LogP contribution in [0.5, 0.6) is 0 Å². The molecule has 0 aliphatic rings. The molecule has 0 fully saturated rings. The summed E-state index contributed by atoms with van der Waals surface area (Å²) in [5, 5.41) is 5.45. The molecule has 3 heterocycles. The van der Waals surface area contributed by atoms with Crippen LogP contribution in [0, 0.1) is 5.92 Å². The molecule has 0 unspecified atom stereocenters. The van der Waals surface area contributed by atoms with Gasteiger partial charge in [0.1, 0.15) is 0 Å². The van der Waals surface area contributed by atoms with Gasteiger partial charge >= 0.3 is 0 Å². The number of aromatic nitrogens is 4. The van der Waals surface area contributed by atoms with Crippen LogP contribution in [0.15, 0.2) is 30.3 Å². The van der Waals surface area contributed by atoms with Crippen LogP contribution in [0.25, 0.3) is 4.96 Å². The van der Waals surface area contributed by atoms with Crippen molar-refractivity contribution < 1.29 is 0 Å². The first-order valence-electron chi connectivity index (χ1n) is 6.83. The number of hydrogen-bond acceptors (Lipinski definition) is 4. The first-order valence-corrected chi connectivity index (χ1v) is 7.71. The molecule has 0 atom stereocenters. The molecule has 0 radical (unpaired) electrons. The van der Waals surface area contributed by atoms with Crippen LogP contribution >= 0.6 is 11.3 Å². The summed E-state index contributed by atoms with van der Waals surface area (Å²) in [7, 11) is 0. The first-order chi connectivity index (χ1) is 9.70. The van der Waals surface area contributed by atoms with Crippen LogP contribution in [0.4, 0.5) is 0 Å². The van der Waals surface area contributed by atoms with Crippen molar-refractivity contribution in [2.75, 3.05) is 6.54 Å². The standard InChI is InChI=1S/C14H19N5S/c1-11(2)5-15-6-12-7-18(10-16-12)8-13-9-19-3-4-20-14(19)17-13/h3-4,7,9-11,15H,5-6,8H2,1-2H3. The number of rotatable bonds is 6. The molecule has 3 aromatic heterocycles. The first kappa shape index (κ1) is 13.3. The van der Waals surface area contributed by atoms with Crippen LogP contribution in [0.2, 0.25) is 0 Å². The maximum atomic E-state index is 4.58. The van der Waals surface area contributed by atoms with Crippen molar-refractivity contribution in [1.82, 2.24) is 24.3 Å². The second-order valence-corrected chi connectivity index (χ2v) is 6.26. The number of imidazole rings is 2. The molecule has 0 aliphatic carbocycles. The van der Waals surface area contributed by atoms with Gasteiger partial charge in [0.2, 0.25) is 0 Å². The summed E-state index contributed by atoms with van der Waals surface area (Å²) in [6.07, 6.45) is 8.06. The van der Waals surface area contributed by atoms with E-state index in [-0.39, 0.29) is 0 Å². The van der Waals surface area contributed by atoms with Crippen LogP contribution in [0.1, 0.15) is 25.2 Å². The van der Waals surface area contributed by atoms with Crippen LogP contribution in [-0.2, 0) is 13.1 Å². The van der Waals surface area contributed by atoms with E-state index in [0.717, 1.165) is 36.0 Å². The van der Waals surface area contributed by atoms with Gasteiger partial charge in [0.25, 0.3) is 0 Å². The Bertz CT molecular complexity index is 650. The molecular weight excluding hydrogens is 270 g/mol. The highest BCUT2D eigenvalue weighted by Crippen LogP contribution is 2.12. The minimum atomic E-state index is 0.663. The van der Waals surface area contributed by atoms with Gasteiger partial charge < -0.3 is 9.88 Å². The molecule has 20 heavy (non-hydrogen) atoms. The van der Waals surface area contributed by atoms with Gasteiger partial charge in [-0.3, -0.25) is 4.40 Å². The Balaban J connectivity index is 1.60. The Kier molecular flexibility index (Phi) is 3.84. The molecule has 0 saturated carbocycles. The van der Waals surface area contributed by atoms with Gasteiger partial charge in [-0.05, 0) is 12.5 Å². The summed E-state index contributed by atoms with van der Waals surface area (Å²) in [4.78, 5) is 10.0. The van der Waals surface area contributed by atoms with Gasteiger partial charge in [0.05, 0.1) is 24.3 Å². The van der Waals surface area contributed by atoms with Crippen LogP contribution < -0.4 is 5.32 Å². The molecule has 0 saturated heterocycles. The average Bonchev–Trinajstić information content (AvgIpc) is 3.05.